The van der Waals surface area contributed by atoms with Gasteiger partial charge in [-0.15, -0.1) is 0 Å². The van der Waals surface area contributed by atoms with E-state index in [1.807, 2.05) is 30.3 Å². The third-order valence-electron chi connectivity index (χ3n) is 4.49. The van der Waals surface area contributed by atoms with Crippen molar-refractivity contribution in [1.29, 1.82) is 0 Å². The Kier molecular flexibility index (Phi) is 6.49. The molecule has 1 fully saturated rings. The molecule has 7 heteroatoms. The van der Waals surface area contributed by atoms with Crippen molar-refractivity contribution in [3.05, 3.63) is 47.7 Å². The maximum atomic E-state index is 12.3. The lowest BCUT2D eigenvalue weighted by Gasteiger charge is -2.27. The Balaban J connectivity index is 1.52. The molecule has 1 aromatic carbocycles. The molecule has 3 rings (SSSR count). The van der Waals surface area contributed by atoms with E-state index in [1.165, 1.54) is 0 Å². The van der Waals surface area contributed by atoms with Crippen molar-refractivity contribution in [3.8, 4) is 11.5 Å². The monoisotopic (exact) mass is 371 g/mol. The minimum absolute atomic E-state index is 0.128. The second-order valence-corrected chi connectivity index (χ2v) is 6.20. The number of aromatic nitrogens is 1. The molecule has 144 valence electrons. The Morgan fingerprint density at radius 3 is 2.59 bits per heavy atom. The Morgan fingerprint density at radius 1 is 1.15 bits per heavy atom. The van der Waals surface area contributed by atoms with Crippen LogP contribution >= 0.6 is 0 Å². The van der Waals surface area contributed by atoms with Crippen LogP contribution < -0.4 is 19.7 Å². The molecule has 0 spiro atoms. The summed E-state index contributed by atoms with van der Waals surface area (Å²) in [6, 6.07) is 9.44. The summed E-state index contributed by atoms with van der Waals surface area (Å²) >= 11 is 0. The number of nitrogens with one attached hydrogen (secondary N) is 1. The Morgan fingerprint density at radius 2 is 1.93 bits per heavy atom. The summed E-state index contributed by atoms with van der Waals surface area (Å²) in [6.07, 6.45) is 2.32. The van der Waals surface area contributed by atoms with Gasteiger partial charge in [0.25, 0.3) is 5.91 Å². The minimum atomic E-state index is -0.128. The van der Waals surface area contributed by atoms with Crippen LogP contribution in [0.25, 0.3) is 0 Å². The van der Waals surface area contributed by atoms with Gasteiger partial charge >= 0.3 is 0 Å². The van der Waals surface area contributed by atoms with Crippen LogP contribution in [0.1, 0.15) is 15.9 Å². The van der Waals surface area contributed by atoms with Gasteiger partial charge in [-0.25, -0.2) is 4.98 Å². The fourth-order valence-electron chi connectivity index (χ4n) is 2.96. The Hall–Kier alpha value is -2.80. The van der Waals surface area contributed by atoms with Gasteiger partial charge in [-0.05, 0) is 36.2 Å². The van der Waals surface area contributed by atoms with Gasteiger partial charge in [0.15, 0.2) is 11.5 Å². The highest BCUT2D eigenvalue weighted by Crippen LogP contribution is 2.27. The van der Waals surface area contributed by atoms with Gasteiger partial charge in [-0.1, -0.05) is 6.07 Å². The summed E-state index contributed by atoms with van der Waals surface area (Å²) in [6.45, 7) is 3.59. The van der Waals surface area contributed by atoms with E-state index in [1.54, 1.807) is 20.4 Å². The van der Waals surface area contributed by atoms with Gasteiger partial charge in [0.05, 0.1) is 33.0 Å². The quantitative estimate of drug-likeness (QED) is 0.802. The molecule has 1 saturated heterocycles. The fourth-order valence-corrected chi connectivity index (χ4v) is 2.96. The molecule has 0 atom stereocenters. The Bertz CT molecular complexity index is 758. The number of hydrogen-bond acceptors (Lipinski definition) is 6. The molecule has 0 aliphatic carbocycles. The molecule has 7 nitrogen and oxygen atoms in total. The summed E-state index contributed by atoms with van der Waals surface area (Å²) < 4.78 is 15.9. The van der Waals surface area contributed by atoms with Crippen LogP contribution in [0, 0.1) is 0 Å². The number of pyridine rings is 1. The second kappa shape index (κ2) is 9.23. The van der Waals surface area contributed by atoms with Crippen molar-refractivity contribution >= 4 is 11.7 Å². The van der Waals surface area contributed by atoms with Crippen molar-refractivity contribution in [3.63, 3.8) is 0 Å². The molecule has 1 amide bonds. The lowest BCUT2D eigenvalue weighted by molar-refractivity contribution is 0.0953. The lowest BCUT2D eigenvalue weighted by atomic mass is 10.1. The zero-order valence-electron chi connectivity index (χ0n) is 15.7. The summed E-state index contributed by atoms with van der Waals surface area (Å²) in [5, 5.41) is 2.93. The molecule has 0 saturated carbocycles. The molecular formula is C20H25N3O4. The molecule has 27 heavy (non-hydrogen) atoms. The zero-order chi connectivity index (χ0) is 19.1. The summed E-state index contributed by atoms with van der Waals surface area (Å²) in [5.74, 6) is 2.12. The number of benzene rings is 1. The second-order valence-electron chi connectivity index (χ2n) is 6.20. The van der Waals surface area contributed by atoms with Crippen LogP contribution in [0.15, 0.2) is 36.5 Å². The number of morpholine rings is 1. The van der Waals surface area contributed by atoms with Crippen LogP contribution in [0.5, 0.6) is 11.5 Å². The number of carbonyl (C=O) groups is 1. The fraction of sp³-hybridized carbons (Fsp3) is 0.400. The first-order chi connectivity index (χ1) is 13.2. The highest BCUT2D eigenvalue weighted by molar-refractivity contribution is 5.94. The number of anilines is 1. The van der Waals surface area contributed by atoms with Gasteiger partial charge < -0.3 is 24.4 Å². The molecule has 0 unspecified atom stereocenters. The smallest absolute Gasteiger partial charge is 0.252 e. The summed E-state index contributed by atoms with van der Waals surface area (Å²) in [7, 11) is 3.22. The van der Waals surface area contributed by atoms with E-state index in [2.05, 4.69) is 15.2 Å². The van der Waals surface area contributed by atoms with Crippen LogP contribution in [0.4, 0.5) is 5.82 Å². The van der Waals surface area contributed by atoms with E-state index in [4.69, 9.17) is 14.2 Å². The standard InChI is InChI=1S/C20H25N3O4/c1-25-17-5-3-15(13-18(17)26-2)7-8-21-20(24)16-4-6-19(22-14-16)23-9-11-27-12-10-23/h3-6,13-14H,7-12H2,1-2H3,(H,21,24). The lowest BCUT2D eigenvalue weighted by Crippen LogP contribution is -2.36. The maximum absolute atomic E-state index is 12.3. The van der Waals surface area contributed by atoms with Crippen LogP contribution in [-0.4, -0.2) is 58.0 Å². The molecule has 2 heterocycles. The number of nitrogens with zero attached hydrogens (tertiary/aromatic N) is 2. The molecular weight excluding hydrogens is 346 g/mol. The normalized spacial score (nSPS) is 13.9. The molecule has 0 radical (unpaired) electrons. The molecule has 1 aliphatic heterocycles. The van der Waals surface area contributed by atoms with Gasteiger partial charge in [-0.3, -0.25) is 4.79 Å². The topological polar surface area (TPSA) is 72.9 Å². The number of carbonyl (C=O) groups excluding carboxylic acids is 1. The number of hydrogen-bond donors (Lipinski definition) is 1. The van der Waals surface area contributed by atoms with Crippen molar-refractivity contribution in [2.75, 3.05) is 52.0 Å². The van der Waals surface area contributed by atoms with Crippen LogP contribution in [0.3, 0.4) is 0 Å². The highest BCUT2D eigenvalue weighted by atomic mass is 16.5. The average molecular weight is 371 g/mol. The predicted octanol–water partition coefficient (Wildman–Crippen LogP) is 1.91. The summed E-state index contributed by atoms with van der Waals surface area (Å²) in [5.41, 5.74) is 1.62. The molecule has 1 N–H and O–H groups in total. The first-order valence-corrected chi connectivity index (χ1v) is 8.99. The zero-order valence-corrected chi connectivity index (χ0v) is 15.7. The minimum Gasteiger partial charge on any atom is -0.493 e. The molecule has 1 aliphatic rings. The van der Waals surface area contributed by atoms with Gasteiger partial charge in [0, 0.05) is 25.8 Å². The van der Waals surface area contributed by atoms with Gasteiger partial charge in [0.2, 0.25) is 0 Å². The molecule has 0 bridgehead atoms. The maximum Gasteiger partial charge on any atom is 0.252 e. The predicted molar refractivity (Wildman–Crippen MR) is 103 cm³/mol. The molecule has 1 aromatic heterocycles. The van der Waals surface area contributed by atoms with Crippen LogP contribution in [-0.2, 0) is 11.2 Å². The van der Waals surface area contributed by atoms with E-state index in [0.717, 1.165) is 24.5 Å². The number of amides is 1. The van der Waals surface area contributed by atoms with Gasteiger partial charge in [0.1, 0.15) is 5.82 Å². The van der Waals surface area contributed by atoms with Crippen molar-refractivity contribution in [2.24, 2.45) is 0 Å². The first kappa shape index (κ1) is 19.0. The van der Waals surface area contributed by atoms with Crippen molar-refractivity contribution in [1.82, 2.24) is 10.3 Å². The highest BCUT2D eigenvalue weighted by Gasteiger charge is 2.13. The van der Waals surface area contributed by atoms with E-state index < -0.39 is 0 Å². The number of rotatable bonds is 7. The number of methoxy groups -OCH3 is 2. The average Bonchev–Trinajstić information content (AvgIpc) is 2.74. The SMILES string of the molecule is COc1ccc(CCNC(=O)c2ccc(N3CCOCC3)nc2)cc1OC. The third kappa shape index (κ3) is 4.89. The van der Waals surface area contributed by atoms with Crippen molar-refractivity contribution in [2.45, 2.75) is 6.42 Å². The molecule has 2 aromatic rings. The van der Waals surface area contributed by atoms with Crippen LogP contribution in [0.2, 0.25) is 0 Å². The summed E-state index contributed by atoms with van der Waals surface area (Å²) in [4.78, 5) is 18.9. The largest absolute Gasteiger partial charge is 0.493 e. The van der Waals surface area contributed by atoms with E-state index in [9.17, 15) is 4.79 Å². The van der Waals surface area contributed by atoms with E-state index in [-0.39, 0.29) is 5.91 Å². The Labute approximate surface area is 159 Å². The van der Waals surface area contributed by atoms with Crippen molar-refractivity contribution < 1.29 is 19.0 Å². The number of ether oxygens (including phenoxy) is 3. The van der Waals surface area contributed by atoms with Gasteiger partial charge in [-0.2, -0.15) is 0 Å². The van der Waals surface area contributed by atoms with E-state index in [0.29, 0.717) is 43.2 Å². The van der Waals surface area contributed by atoms with E-state index >= 15 is 0 Å². The third-order valence-corrected chi connectivity index (χ3v) is 4.49. The first-order valence-electron chi connectivity index (χ1n) is 8.99.